The van der Waals surface area contributed by atoms with E-state index in [2.05, 4.69) is 18.8 Å². The molecule has 0 aliphatic heterocycles. The topological polar surface area (TPSA) is 9.23 Å². The smallest absolute Gasteiger partial charge is 0.201 e. The average Bonchev–Trinajstić information content (AvgIpc) is 2.61. The van der Waals surface area contributed by atoms with E-state index < -0.39 is 11.6 Å². The zero-order valence-corrected chi connectivity index (χ0v) is 14.2. The van der Waals surface area contributed by atoms with E-state index in [-0.39, 0.29) is 11.3 Å². The minimum atomic E-state index is -0.981. The van der Waals surface area contributed by atoms with E-state index in [4.69, 9.17) is 4.74 Å². The van der Waals surface area contributed by atoms with E-state index in [0.717, 1.165) is 31.2 Å². The predicted octanol–water partition coefficient (Wildman–Crippen LogP) is 5.50. The van der Waals surface area contributed by atoms with Gasteiger partial charge in [-0.25, -0.2) is 4.39 Å². The third kappa shape index (κ3) is 4.83. The van der Waals surface area contributed by atoms with Crippen molar-refractivity contribution in [3.05, 3.63) is 64.7 Å². The summed E-state index contributed by atoms with van der Waals surface area (Å²) in [5, 5.41) is 0. The monoisotopic (exact) mass is 328 g/mol. The largest absolute Gasteiger partial charge is 0.490 e. The summed E-state index contributed by atoms with van der Waals surface area (Å²) in [5.41, 5.74) is 2.07. The van der Waals surface area contributed by atoms with Crippen molar-refractivity contribution < 1.29 is 13.5 Å². The van der Waals surface area contributed by atoms with Gasteiger partial charge in [0, 0.05) is 5.56 Å². The molecule has 0 bridgehead atoms. The molecule has 0 aromatic heterocycles. The van der Waals surface area contributed by atoms with Gasteiger partial charge in [-0.1, -0.05) is 44.2 Å². The quantitative estimate of drug-likeness (QED) is 0.637. The lowest BCUT2D eigenvalue weighted by Gasteiger charge is -2.06. The molecule has 0 radical (unpaired) electrons. The number of hydrogen-bond acceptors (Lipinski definition) is 1. The molecule has 0 aliphatic carbocycles. The molecule has 0 amide bonds. The van der Waals surface area contributed by atoms with Crippen molar-refractivity contribution in [3.8, 4) is 17.6 Å². The van der Waals surface area contributed by atoms with Crippen LogP contribution in [0, 0.1) is 23.5 Å². The number of aryl methyl sites for hydroxylation is 1. The summed E-state index contributed by atoms with van der Waals surface area (Å²) in [7, 11) is 0. The molecular formula is C21H22F2O. The van der Waals surface area contributed by atoms with E-state index in [9.17, 15) is 8.78 Å². The van der Waals surface area contributed by atoms with Crippen molar-refractivity contribution in [1.29, 1.82) is 0 Å². The van der Waals surface area contributed by atoms with Crippen LogP contribution in [-0.2, 0) is 6.42 Å². The summed E-state index contributed by atoms with van der Waals surface area (Å²) in [6.45, 7) is 4.42. The van der Waals surface area contributed by atoms with Crippen molar-refractivity contribution >= 4 is 0 Å². The van der Waals surface area contributed by atoms with E-state index in [1.165, 1.54) is 17.7 Å². The molecule has 0 aliphatic rings. The van der Waals surface area contributed by atoms with Crippen LogP contribution in [0.15, 0.2) is 36.4 Å². The molecule has 1 nitrogen and oxygen atoms in total. The van der Waals surface area contributed by atoms with E-state index in [1.54, 1.807) is 0 Å². The highest BCUT2D eigenvalue weighted by Gasteiger charge is 2.13. The molecule has 0 N–H and O–H groups in total. The Balaban J connectivity index is 2.14. The van der Waals surface area contributed by atoms with Crippen LogP contribution in [0.2, 0.25) is 0 Å². The Morgan fingerprint density at radius 2 is 1.62 bits per heavy atom. The molecule has 2 aromatic carbocycles. The molecule has 2 rings (SSSR count). The Bertz CT molecular complexity index is 724. The average molecular weight is 328 g/mol. The maximum Gasteiger partial charge on any atom is 0.201 e. The normalized spacial score (nSPS) is 10.2. The summed E-state index contributed by atoms with van der Waals surface area (Å²) < 4.78 is 33.1. The number of ether oxygens (including phenoxy) is 1. The SMILES string of the molecule is CCCCc1ccc(C#Cc2ccc(OCCC)c(F)c2F)cc1. The summed E-state index contributed by atoms with van der Waals surface area (Å²) in [6, 6.07) is 10.7. The number of halogens is 2. The molecule has 2 aromatic rings. The second-order valence-corrected chi connectivity index (χ2v) is 5.64. The fourth-order valence-electron chi connectivity index (χ4n) is 2.23. The van der Waals surface area contributed by atoms with Crippen molar-refractivity contribution in [2.75, 3.05) is 6.61 Å². The number of unbranched alkanes of at least 4 members (excludes halogenated alkanes) is 1. The van der Waals surface area contributed by atoms with Crippen molar-refractivity contribution in [3.63, 3.8) is 0 Å². The van der Waals surface area contributed by atoms with Crippen LogP contribution >= 0.6 is 0 Å². The van der Waals surface area contributed by atoms with Gasteiger partial charge in [-0.3, -0.25) is 0 Å². The molecule has 0 saturated heterocycles. The fraction of sp³-hybridized carbons (Fsp3) is 0.333. The lowest BCUT2D eigenvalue weighted by Crippen LogP contribution is -2.00. The minimum Gasteiger partial charge on any atom is -0.490 e. The van der Waals surface area contributed by atoms with Gasteiger partial charge in [0.05, 0.1) is 12.2 Å². The Kier molecular flexibility index (Phi) is 6.81. The van der Waals surface area contributed by atoms with Crippen LogP contribution in [0.5, 0.6) is 5.75 Å². The van der Waals surface area contributed by atoms with E-state index >= 15 is 0 Å². The van der Waals surface area contributed by atoms with Crippen LogP contribution in [0.1, 0.15) is 49.8 Å². The molecule has 0 fully saturated rings. The first-order valence-corrected chi connectivity index (χ1v) is 8.37. The summed E-state index contributed by atoms with van der Waals surface area (Å²) in [4.78, 5) is 0. The Morgan fingerprint density at radius 1 is 0.875 bits per heavy atom. The second kappa shape index (κ2) is 9.08. The lowest BCUT2D eigenvalue weighted by molar-refractivity contribution is 0.295. The first-order chi connectivity index (χ1) is 11.7. The van der Waals surface area contributed by atoms with E-state index in [1.807, 2.05) is 31.2 Å². The van der Waals surface area contributed by atoms with Crippen LogP contribution in [0.3, 0.4) is 0 Å². The highest BCUT2D eigenvalue weighted by molar-refractivity contribution is 5.46. The van der Waals surface area contributed by atoms with Crippen molar-refractivity contribution in [2.45, 2.75) is 39.5 Å². The van der Waals surface area contributed by atoms with Gasteiger partial charge in [-0.2, -0.15) is 4.39 Å². The van der Waals surface area contributed by atoms with Crippen LogP contribution in [0.4, 0.5) is 8.78 Å². The third-order valence-corrected chi connectivity index (χ3v) is 3.62. The summed E-state index contributed by atoms with van der Waals surface area (Å²) in [6.07, 6.45) is 4.09. The molecule has 0 unspecified atom stereocenters. The van der Waals surface area contributed by atoms with Gasteiger partial charge in [0.15, 0.2) is 11.6 Å². The maximum absolute atomic E-state index is 14.0. The Labute approximate surface area is 142 Å². The molecular weight excluding hydrogens is 306 g/mol. The molecule has 0 spiro atoms. The third-order valence-electron chi connectivity index (χ3n) is 3.62. The zero-order chi connectivity index (χ0) is 17.4. The van der Waals surface area contributed by atoms with Gasteiger partial charge in [-0.05, 0) is 49.1 Å². The van der Waals surface area contributed by atoms with E-state index in [0.29, 0.717) is 6.61 Å². The molecule has 0 atom stereocenters. The van der Waals surface area contributed by atoms with Gasteiger partial charge in [0.25, 0.3) is 0 Å². The number of benzene rings is 2. The summed E-state index contributed by atoms with van der Waals surface area (Å²) in [5.74, 6) is 3.56. The lowest BCUT2D eigenvalue weighted by atomic mass is 10.1. The Hall–Kier alpha value is -2.34. The zero-order valence-electron chi connectivity index (χ0n) is 14.2. The maximum atomic E-state index is 14.0. The van der Waals surface area contributed by atoms with Gasteiger partial charge in [0.1, 0.15) is 0 Å². The summed E-state index contributed by atoms with van der Waals surface area (Å²) >= 11 is 0. The Morgan fingerprint density at radius 3 is 2.29 bits per heavy atom. The van der Waals surface area contributed by atoms with Crippen molar-refractivity contribution in [1.82, 2.24) is 0 Å². The number of hydrogen-bond donors (Lipinski definition) is 0. The highest BCUT2D eigenvalue weighted by Crippen LogP contribution is 2.22. The minimum absolute atomic E-state index is 0.0337. The first-order valence-electron chi connectivity index (χ1n) is 8.37. The molecule has 24 heavy (non-hydrogen) atoms. The fourth-order valence-corrected chi connectivity index (χ4v) is 2.23. The van der Waals surface area contributed by atoms with Crippen LogP contribution in [-0.4, -0.2) is 6.61 Å². The second-order valence-electron chi connectivity index (χ2n) is 5.64. The van der Waals surface area contributed by atoms with Gasteiger partial charge >= 0.3 is 0 Å². The number of rotatable bonds is 6. The van der Waals surface area contributed by atoms with Gasteiger partial charge in [0.2, 0.25) is 5.82 Å². The first kappa shape index (κ1) is 18.0. The van der Waals surface area contributed by atoms with Gasteiger partial charge in [-0.15, -0.1) is 0 Å². The highest BCUT2D eigenvalue weighted by atomic mass is 19.2. The predicted molar refractivity (Wildman–Crippen MR) is 93.2 cm³/mol. The molecule has 3 heteroatoms. The molecule has 0 saturated carbocycles. The van der Waals surface area contributed by atoms with Crippen LogP contribution < -0.4 is 4.74 Å². The van der Waals surface area contributed by atoms with Gasteiger partial charge < -0.3 is 4.74 Å². The van der Waals surface area contributed by atoms with Crippen molar-refractivity contribution in [2.24, 2.45) is 0 Å². The molecule has 126 valence electrons. The molecule has 0 heterocycles. The van der Waals surface area contributed by atoms with Crippen LogP contribution in [0.25, 0.3) is 0 Å². The standard InChI is InChI=1S/C21H22F2O/c1-3-5-6-16-7-9-17(10-8-16)11-12-18-13-14-19(24-15-4-2)21(23)20(18)22/h7-10,13-14H,3-6,15H2,1-2H3.